The summed E-state index contributed by atoms with van der Waals surface area (Å²) in [4.78, 5) is 13.0. The SMILES string of the molecule is CCN(Cc1ccccc1)CC(C)(N)C(=O)O. The minimum absolute atomic E-state index is 0.341. The van der Waals surface area contributed by atoms with Gasteiger partial charge in [0.05, 0.1) is 0 Å². The third-order valence-electron chi connectivity index (χ3n) is 2.74. The van der Waals surface area contributed by atoms with Crippen LogP contribution in [0.1, 0.15) is 19.4 Å². The number of nitrogens with two attached hydrogens (primary N) is 1. The first-order valence-corrected chi connectivity index (χ1v) is 5.74. The lowest BCUT2D eigenvalue weighted by molar-refractivity contribution is -0.143. The van der Waals surface area contributed by atoms with Gasteiger partial charge in [0, 0.05) is 13.1 Å². The Balaban J connectivity index is 2.64. The molecule has 0 radical (unpaired) electrons. The number of likely N-dealkylation sites (N-methyl/N-ethyl adjacent to an activating group) is 1. The number of rotatable bonds is 6. The predicted octanol–water partition coefficient (Wildman–Crippen LogP) is 1.31. The Morgan fingerprint density at radius 3 is 2.47 bits per heavy atom. The van der Waals surface area contributed by atoms with E-state index in [2.05, 4.69) is 0 Å². The monoisotopic (exact) mass is 236 g/mol. The third-order valence-corrected chi connectivity index (χ3v) is 2.74. The number of hydrogen-bond donors (Lipinski definition) is 2. The number of carboxylic acid groups (broad SMARTS) is 1. The van der Waals surface area contributed by atoms with Gasteiger partial charge in [-0.15, -0.1) is 0 Å². The standard InChI is InChI=1S/C13H20N2O2/c1-3-15(10-13(2,14)12(16)17)9-11-7-5-4-6-8-11/h4-8H,3,9-10,14H2,1-2H3,(H,16,17). The number of hydrogen-bond acceptors (Lipinski definition) is 3. The molecule has 0 spiro atoms. The van der Waals surface area contributed by atoms with Gasteiger partial charge in [-0.25, -0.2) is 0 Å². The van der Waals surface area contributed by atoms with Crippen LogP contribution in [0, 0.1) is 0 Å². The molecule has 1 aromatic rings. The largest absolute Gasteiger partial charge is 0.480 e. The van der Waals surface area contributed by atoms with Gasteiger partial charge in [-0.2, -0.15) is 0 Å². The Labute approximate surface area is 102 Å². The van der Waals surface area contributed by atoms with Crippen LogP contribution in [0.3, 0.4) is 0 Å². The fourth-order valence-corrected chi connectivity index (χ4v) is 1.65. The molecule has 4 nitrogen and oxygen atoms in total. The summed E-state index contributed by atoms with van der Waals surface area (Å²) in [6, 6.07) is 9.96. The molecule has 1 unspecified atom stereocenters. The van der Waals surface area contributed by atoms with E-state index in [1.807, 2.05) is 42.2 Å². The number of carboxylic acids is 1. The van der Waals surface area contributed by atoms with E-state index in [-0.39, 0.29) is 0 Å². The first kappa shape index (κ1) is 13.7. The van der Waals surface area contributed by atoms with Gasteiger partial charge >= 0.3 is 5.97 Å². The molecule has 1 rings (SSSR count). The molecule has 0 aromatic heterocycles. The molecule has 0 aliphatic carbocycles. The summed E-state index contributed by atoms with van der Waals surface area (Å²) in [7, 11) is 0. The second kappa shape index (κ2) is 5.80. The lowest BCUT2D eigenvalue weighted by atomic mass is 10.0. The van der Waals surface area contributed by atoms with Crippen LogP contribution in [0.2, 0.25) is 0 Å². The summed E-state index contributed by atoms with van der Waals surface area (Å²) in [6.45, 7) is 5.38. The Morgan fingerprint density at radius 2 is 2.00 bits per heavy atom. The van der Waals surface area contributed by atoms with Crippen molar-refractivity contribution in [3.63, 3.8) is 0 Å². The third kappa shape index (κ3) is 4.17. The predicted molar refractivity (Wildman–Crippen MR) is 67.6 cm³/mol. The Morgan fingerprint density at radius 1 is 1.41 bits per heavy atom. The van der Waals surface area contributed by atoms with Crippen LogP contribution in [0.25, 0.3) is 0 Å². The molecular weight excluding hydrogens is 216 g/mol. The minimum Gasteiger partial charge on any atom is -0.480 e. The fourth-order valence-electron chi connectivity index (χ4n) is 1.65. The zero-order valence-corrected chi connectivity index (χ0v) is 10.4. The maximum atomic E-state index is 11.0. The number of benzene rings is 1. The maximum absolute atomic E-state index is 11.0. The number of carbonyl (C=O) groups is 1. The number of nitrogens with zero attached hydrogens (tertiary/aromatic N) is 1. The highest BCUT2D eigenvalue weighted by Gasteiger charge is 2.29. The van der Waals surface area contributed by atoms with Gasteiger partial charge in [-0.3, -0.25) is 9.69 Å². The van der Waals surface area contributed by atoms with Crippen molar-refractivity contribution in [2.45, 2.75) is 25.9 Å². The van der Waals surface area contributed by atoms with E-state index in [0.29, 0.717) is 6.54 Å². The molecular formula is C13H20N2O2. The van der Waals surface area contributed by atoms with Crippen molar-refractivity contribution in [1.29, 1.82) is 0 Å². The van der Waals surface area contributed by atoms with Crippen molar-refractivity contribution in [2.24, 2.45) is 5.73 Å². The lowest BCUT2D eigenvalue weighted by Gasteiger charge is -2.28. The van der Waals surface area contributed by atoms with E-state index in [1.165, 1.54) is 0 Å². The van der Waals surface area contributed by atoms with Gasteiger partial charge in [0.15, 0.2) is 0 Å². The smallest absolute Gasteiger partial charge is 0.324 e. The molecule has 1 atom stereocenters. The topological polar surface area (TPSA) is 66.6 Å². The molecule has 0 heterocycles. The van der Waals surface area contributed by atoms with Gasteiger partial charge in [-0.1, -0.05) is 37.3 Å². The van der Waals surface area contributed by atoms with Gasteiger partial charge in [0.1, 0.15) is 5.54 Å². The summed E-state index contributed by atoms with van der Waals surface area (Å²) in [6.07, 6.45) is 0. The molecule has 4 heteroatoms. The van der Waals surface area contributed by atoms with E-state index in [4.69, 9.17) is 10.8 Å². The molecule has 0 bridgehead atoms. The second-order valence-electron chi connectivity index (χ2n) is 4.51. The summed E-state index contributed by atoms with van der Waals surface area (Å²) >= 11 is 0. The van der Waals surface area contributed by atoms with Crippen LogP contribution in [0.15, 0.2) is 30.3 Å². The van der Waals surface area contributed by atoms with Gasteiger partial charge < -0.3 is 10.8 Å². The van der Waals surface area contributed by atoms with Crippen LogP contribution in [-0.2, 0) is 11.3 Å². The van der Waals surface area contributed by atoms with Crippen molar-refractivity contribution >= 4 is 5.97 Å². The molecule has 0 aliphatic heterocycles. The summed E-state index contributed by atoms with van der Waals surface area (Å²) < 4.78 is 0. The van der Waals surface area contributed by atoms with E-state index in [9.17, 15) is 4.79 Å². The second-order valence-corrected chi connectivity index (χ2v) is 4.51. The molecule has 1 aromatic carbocycles. The van der Waals surface area contributed by atoms with Crippen LogP contribution < -0.4 is 5.73 Å². The van der Waals surface area contributed by atoms with Crippen molar-refractivity contribution in [3.05, 3.63) is 35.9 Å². The van der Waals surface area contributed by atoms with Crippen molar-refractivity contribution < 1.29 is 9.90 Å². The Hall–Kier alpha value is -1.39. The lowest BCUT2D eigenvalue weighted by Crippen LogP contribution is -2.53. The molecule has 0 amide bonds. The average molecular weight is 236 g/mol. The quantitative estimate of drug-likeness (QED) is 0.781. The fraction of sp³-hybridized carbons (Fsp3) is 0.462. The first-order valence-electron chi connectivity index (χ1n) is 5.74. The summed E-state index contributed by atoms with van der Waals surface area (Å²) in [5, 5.41) is 9.00. The zero-order chi connectivity index (χ0) is 12.9. The Kier molecular flexibility index (Phi) is 4.66. The van der Waals surface area contributed by atoms with E-state index < -0.39 is 11.5 Å². The van der Waals surface area contributed by atoms with E-state index in [0.717, 1.165) is 18.7 Å². The molecule has 0 saturated heterocycles. The molecule has 17 heavy (non-hydrogen) atoms. The van der Waals surface area contributed by atoms with Crippen LogP contribution >= 0.6 is 0 Å². The van der Waals surface area contributed by atoms with Gasteiger partial charge in [0.2, 0.25) is 0 Å². The van der Waals surface area contributed by atoms with Crippen LogP contribution in [0.4, 0.5) is 0 Å². The molecule has 0 fully saturated rings. The normalized spacial score (nSPS) is 14.6. The van der Waals surface area contributed by atoms with Gasteiger partial charge in [0.25, 0.3) is 0 Å². The number of aliphatic carboxylic acids is 1. The minimum atomic E-state index is -1.20. The highest BCUT2D eigenvalue weighted by molar-refractivity contribution is 5.78. The highest BCUT2D eigenvalue weighted by atomic mass is 16.4. The highest BCUT2D eigenvalue weighted by Crippen LogP contribution is 2.08. The van der Waals surface area contributed by atoms with Crippen LogP contribution in [-0.4, -0.2) is 34.6 Å². The molecule has 3 N–H and O–H groups in total. The molecule has 0 saturated carbocycles. The summed E-state index contributed by atoms with van der Waals surface area (Å²) in [5.74, 6) is -0.969. The Bertz CT molecular complexity index is 363. The summed E-state index contributed by atoms with van der Waals surface area (Å²) in [5.41, 5.74) is 5.71. The molecule has 94 valence electrons. The van der Waals surface area contributed by atoms with E-state index in [1.54, 1.807) is 6.92 Å². The van der Waals surface area contributed by atoms with Gasteiger partial charge in [-0.05, 0) is 19.0 Å². The van der Waals surface area contributed by atoms with E-state index >= 15 is 0 Å². The zero-order valence-electron chi connectivity index (χ0n) is 10.4. The van der Waals surface area contributed by atoms with Crippen molar-refractivity contribution in [3.8, 4) is 0 Å². The van der Waals surface area contributed by atoms with Crippen molar-refractivity contribution in [2.75, 3.05) is 13.1 Å². The average Bonchev–Trinajstić information content (AvgIpc) is 2.29. The first-order chi connectivity index (χ1) is 7.95. The van der Waals surface area contributed by atoms with Crippen molar-refractivity contribution in [1.82, 2.24) is 4.90 Å². The molecule has 0 aliphatic rings. The maximum Gasteiger partial charge on any atom is 0.324 e. The van der Waals surface area contributed by atoms with Crippen LogP contribution in [0.5, 0.6) is 0 Å².